The molecule has 0 bridgehead atoms. The van der Waals surface area contributed by atoms with Gasteiger partial charge in [-0.05, 0) is 17.7 Å². The SMILES string of the molecule is COC1(C(N)c2ccc(C(F)(F)F)c(F)c2)CCOCC1. The molecule has 1 unspecified atom stereocenters. The third-order valence-corrected chi connectivity index (χ3v) is 3.97. The molecule has 0 amide bonds. The summed E-state index contributed by atoms with van der Waals surface area (Å²) in [5.74, 6) is -1.33. The van der Waals surface area contributed by atoms with E-state index in [4.69, 9.17) is 15.2 Å². The zero-order valence-electron chi connectivity index (χ0n) is 11.5. The average Bonchev–Trinajstić information content (AvgIpc) is 2.45. The number of nitrogens with two attached hydrogens (primary N) is 1. The lowest BCUT2D eigenvalue weighted by molar-refractivity contribution is -0.140. The highest BCUT2D eigenvalue weighted by Gasteiger charge is 2.40. The number of benzene rings is 1. The van der Waals surface area contributed by atoms with E-state index >= 15 is 0 Å². The van der Waals surface area contributed by atoms with Crippen LogP contribution in [0.3, 0.4) is 0 Å². The monoisotopic (exact) mass is 307 g/mol. The lowest BCUT2D eigenvalue weighted by Gasteiger charge is -2.40. The van der Waals surface area contributed by atoms with Crippen molar-refractivity contribution in [2.45, 2.75) is 30.7 Å². The van der Waals surface area contributed by atoms with Gasteiger partial charge in [0, 0.05) is 33.2 Å². The van der Waals surface area contributed by atoms with Gasteiger partial charge in [0.1, 0.15) is 5.82 Å². The topological polar surface area (TPSA) is 44.5 Å². The van der Waals surface area contributed by atoms with E-state index in [1.165, 1.54) is 13.2 Å². The van der Waals surface area contributed by atoms with Gasteiger partial charge in [-0.2, -0.15) is 13.2 Å². The predicted octanol–water partition coefficient (Wildman–Crippen LogP) is 3.04. The largest absolute Gasteiger partial charge is 0.419 e. The van der Waals surface area contributed by atoms with Crippen molar-refractivity contribution in [2.75, 3.05) is 20.3 Å². The fourth-order valence-electron chi connectivity index (χ4n) is 2.62. The normalized spacial score (nSPS) is 20.3. The maximum atomic E-state index is 13.7. The summed E-state index contributed by atoms with van der Waals surface area (Å²) in [4.78, 5) is 0. The van der Waals surface area contributed by atoms with Crippen molar-refractivity contribution in [3.63, 3.8) is 0 Å². The fraction of sp³-hybridized carbons (Fsp3) is 0.571. The summed E-state index contributed by atoms with van der Waals surface area (Å²) in [6, 6.07) is 2.03. The molecule has 2 rings (SSSR count). The average molecular weight is 307 g/mol. The second-order valence-electron chi connectivity index (χ2n) is 5.10. The van der Waals surface area contributed by atoms with Crippen molar-refractivity contribution in [1.82, 2.24) is 0 Å². The first kappa shape index (κ1) is 16.2. The summed E-state index contributed by atoms with van der Waals surface area (Å²) >= 11 is 0. The molecule has 0 spiro atoms. The molecule has 1 aliphatic rings. The van der Waals surface area contributed by atoms with E-state index in [2.05, 4.69) is 0 Å². The Hall–Kier alpha value is -1.18. The Kier molecular flexibility index (Phi) is 4.55. The van der Waals surface area contributed by atoms with Crippen LogP contribution in [-0.4, -0.2) is 25.9 Å². The molecule has 0 aliphatic carbocycles. The highest BCUT2D eigenvalue weighted by atomic mass is 19.4. The van der Waals surface area contributed by atoms with E-state index in [1.807, 2.05) is 0 Å². The zero-order valence-corrected chi connectivity index (χ0v) is 11.5. The number of ether oxygens (including phenoxy) is 2. The van der Waals surface area contributed by atoms with E-state index in [1.54, 1.807) is 0 Å². The summed E-state index contributed by atoms with van der Waals surface area (Å²) in [5.41, 5.74) is 4.36. The highest BCUT2D eigenvalue weighted by molar-refractivity contribution is 5.30. The molecule has 1 aromatic carbocycles. The number of rotatable bonds is 3. The minimum absolute atomic E-state index is 0.282. The van der Waals surface area contributed by atoms with Crippen molar-refractivity contribution >= 4 is 0 Å². The Bertz CT molecular complexity index is 498. The molecule has 0 aromatic heterocycles. The van der Waals surface area contributed by atoms with Crippen LogP contribution >= 0.6 is 0 Å². The van der Waals surface area contributed by atoms with Gasteiger partial charge in [0.05, 0.1) is 17.2 Å². The van der Waals surface area contributed by atoms with Crippen LogP contribution in [-0.2, 0) is 15.7 Å². The fourth-order valence-corrected chi connectivity index (χ4v) is 2.62. The zero-order chi connectivity index (χ0) is 15.7. The Labute approximate surface area is 120 Å². The maximum Gasteiger partial charge on any atom is 0.419 e. The van der Waals surface area contributed by atoms with Gasteiger partial charge in [0.15, 0.2) is 0 Å². The molecule has 0 radical (unpaired) electrons. The van der Waals surface area contributed by atoms with E-state index in [9.17, 15) is 17.6 Å². The third-order valence-electron chi connectivity index (χ3n) is 3.97. The van der Waals surface area contributed by atoms with Crippen molar-refractivity contribution in [2.24, 2.45) is 5.73 Å². The van der Waals surface area contributed by atoms with Gasteiger partial charge in [0.2, 0.25) is 0 Å². The molecule has 0 saturated carbocycles. The van der Waals surface area contributed by atoms with Crippen LogP contribution in [0.5, 0.6) is 0 Å². The Morgan fingerprint density at radius 3 is 2.38 bits per heavy atom. The van der Waals surface area contributed by atoms with Gasteiger partial charge in [-0.1, -0.05) is 6.07 Å². The van der Waals surface area contributed by atoms with Crippen LogP contribution < -0.4 is 5.73 Å². The maximum absolute atomic E-state index is 13.7. The molecule has 7 heteroatoms. The molecule has 1 aromatic rings. The molecule has 1 atom stereocenters. The Morgan fingerprint density at radius 2 is 1.90 bits per heavy atom. The minimum atomic E-state index is -4.72. The van der Waals surface area contributed by atoms with Crippen LogP contribution in [0.2, 0.25) is 0 Å². The van der Waals surface area contributed by atoms with Crippen LogP contribution in [0.4, 0.5) is 17.6 Å². The van der Waals surface area contributed by atoms with Gasteiger partial charge in [-0.15, -0.1) is 0 Å². The van der Waals surface area contributed by atoms with Crippen LogP contribution in [0.15, 0.2) is 18.2 Å². The van der Waals surface area contributed by atoms with E-state index in [0.29, 0.717) is 32.1 Å². The second-order valence-corrected chi connectivity index (χ2v) is 5.10. The number of hydrogen-bond acceptors (Lipinski definition) is 3. The van der Waals surface area contributed by atoms with Crippen LogP contribution in [0, 0.1) is 5.82 Å². The van der Waals surface area contributed by atoms with Crippen molar-refractivity contribution < 1.29 is 27.0 Å². The smallest absolute Gasteiger partial charge is 0.381 e. The van der Waals surface area contributed by atoms with Crippen molar-refractivity contribution in [3.05, 3.63) is 35.1 Å². The Morgan fingerprint density at radius 1 is 1.29 bits per heavy atom. The lowest BCUT2D eigenvalue weighted by atomic mass is 9.82. The molecule has 21 heavy (non-hydrogen) atoms. The second kappa shape index (κ2) is 5.90. The first-order valence-corrected chi connectivity index (χ1v) is 6.55. The minimum Gasteiger partial charge on any atom is -0.381 e. The molecule has 1 aliphatic heterocycles. The van der Waals surface area contributed by atoms with Crippen molar-refractivity contribution in [3.8, 4) is 0 Å². The molecule has 1 fully saturated rings. The van der Waals surface area contributed by atoms with Crippen molar-refractivity contribution in [1.29, 1.82) is 0 Å². The number of hydrogen-bond donors (Lipinski definition) is 1. The summed E-state index contributed by atoms with van der Waals surface area (Å²) in [6.45, 7) is 0.898. The number of alkyl halides is 3. The lowest BCUT2D eigenvalue weighted by Crippen LogP contribution is -2.47. The summed E-state index contributed by atoms with van der Waals surface area (Å²) in [6.07, 6.45) is -3.70. The molecule has 2 N–H and O–H groups in total. The molecule has 1 saturated heterocycles. The molecular formula is C14H17F4NO2. The van der Waals surface area contributed by atoms with Crippen LogP contribution in [0.1, 0.15) is 30.0 Å². The third kappa shape index (κ3) is 3.20. The predicted molar refractivity (Wildman–Crippen MR) is 68.1 cm³/mol. The van der Waals surface area contributed by atoms with E-state index < -0.39 is 29.2 Å². The van der Waals surface area contributed by atoms with Gasteiger partial charge >= 0.3 is 6.18 Å². The van der Waals surface area contributed by atoms with Gasteiger partial charge < -0.3 is 15.2 Å². The summed E-state index contributed by atoms with van der Waals surface area (Å²) < 4.78 is 62.1. The quantitative estimate of drug-likeness (QED) is 0.873. The first-order valence-electron chi connectivity index (χ1n) is 6.55. The van der Waals surface area contributed by atoms with Gasteiger partial charge in [-0.25, -0.2) is 4.39 Å². The van der Waals surface area contributed by atoms with Gasteiger partial charge in [0.25, 0.3) is 0 Å². The highest BCUT2D eigenvalue weighted by Crippen LogP contribution is 2.38. The summed E-state index contributed by atoms with van der Waals surface area (Å²) in [5, 5.41) is 0. The number of halogens is 4. The summed E-state index contributed by atoms with van der Waals surface area (Å²) in [7, 11) is 1.49. The van der Waals surface area contributed by atoms with Gasteiger partial charge in [-0.3, -0.25) is 0 Å². The molecular weight excluding hydrogens is 290 g/mol. The molecule has 3 nitrogen and oxygen atoms in total. The van der Waals surface area contributed by atoms with Crippen LogP contribution in [0.25, 0.3) is 0 Å². The first-order chi connectivity index (χ1) is 9.80. The molecule has 1 heterocycles. The standard InChI is InChI=1S/C14H17F4NO2/c1-20-13(4-6-21-7-5-13)12(19)9-2-3-10(11(15)8-9)14(16,17)18/h2-3,8,12H,4-7,19H2,1H3. The number of methoxy groups -OCH3 is 1. The molecule has 118 valence electrons. The van der Waals surface area contributed by atoms with E-state index in [0.717, 1.165) is 6.07 Å². The van der Waals surface area contributed by atoms with E-state index in [-0.39, 0.29) is 5.56 Å². The Balaban J connectivity index is 2.31.